The van der Waals surface area contributed by atoms with Crippen molar-refractivity contribution < 1.29 is 9.53 Å². The number of carbonyl (C=O) groups is 1. The molecule has 1 aliphatic rings. The summed E-state index contributed by atoms with van der Waals surface area (Å²) in [6.45, 7) is 1.58. The molecule has 0 bridgehead atoms. The van der Waals surface area contributed by atoms with Crippen LogP contribution in [0.3, 0.4) is 0 Å². The molecule has 0 saturated carbocycles. The highest BCUT2D eigenvalue weighted by atomic mass is 35.5. The summed E-state index contributed by atoms with van der Waals surface area (Å²) in [7, 11) is 0. The van der Waals surface area contributed by atoms with E-state index >= 15 is 0 Å². The molecule has 5 heteroatoms. The standard InChI is InChI=1S/C14H19ClN2O2/c15-11-6-7-13(17-10-11)14(18)16-8-2-1-4-12-5-3-9-19-12/h6-7,10,12H,1-5,8-9H2,(H,16,18)/t12-/m1/s1. The number of unbranched alkanes of at least 4 members (excludes halogenated alkanes) is 1. The molecule has 1 atom stereocenters. The van der Waals surface area contributed by atoms with Crippen LogP contribution in [0.15, 0.2) is 18.3 Å². The predicted molar refractivity (Wildman–Crippen MR) is 74.4 cm³/mol. The van der Waals surface area contributed by atoms with Crippen LogP contribution in [-0.2, 0) is 4.74 Å². The van der Waals surface area contributed by atoms with Gasteiger partial charge >= 0.3 is 0 Å². The monoisotopic (exact) mass is 282 g/mol. The molecule has 1 N–H and O–H groups in total. The van der Waals surface area contributed by atoms with Gasteiger partial charge in [-0.3, -0.25) is 4.79 Å². The third-order valence-corrected chi connectivity index (χ3v) is 3.45. The molecule has 19 heavy (non-hydrogen) atoms. The second-order valence-corrected chi connectivity index (χ2v) is 5.18. The number of ether oxygens (including phenoxy) is 1. The first-order chi connectivity index (χ1) is 9.25. The fraction of sp³-hybridized carbons (Fsp3) is 0.571. The highest BCUT2D eigenvalue weighted by molar-refractivity contribution is 6.30. The molecule has 2 rings (SSSR count). The van der Waals surface area contributed by atoms with E-state index in [0.717, 1.165) is 25.9 Å². The highest BCUT2D eigenvalue weighted by Crippen LogP contribution is 2.17. The summed E-state index contributed by atoms with van der Waals surface area (Å²) in [4.78, 5) is 15.7. The Kier molecular flexibility index (Phi) is 5.61. The average molecular weight is 283 g/mol. The minimum absolute atomic E-state index is 0.145. The van der Waals surface area contributed by atoms with Crippen LogP contribution in [0, 0.1) is 0 Å². The average Bonchev–Trinajstić information content (AvgIpc) is 2.92. The summed E-state index contributed by atoms with van der Waals surface area (Å²) in [5.41, 5.74) is 0.406. The zero-order chi connectivity index (χ0) is 13.5. The number of carbonyl (C=O) groups excluding carboxylic acids is 1. The van der Waals surface area contributed by atoms with Crippen LogP contribution in [0.4, 0.5) is 0 Å². The second kappa shape index (κ2) is 7.46. The lowest BCUT2D eigenvalue weighted by Crippen LogP contribution is -2.25. The number of pyridine rings is 1. The van der Waals surface area contributed by atoms with Crippen LogP contribution in [0.1, 0.15) is 42.6 Å². The number of halogens is 1. The summed E-state index contributed by atoms with van der Waals surface area (Å²) < 4.78 is 5.55. The molecule has 1 saturated heterocycles. The Morgan fingerprint density at radius 2 is 2.37 bits per heavy atom. The molecule has 0 aliphatic carbocycles. The molecule has 0 spiro atoms. The van der Waals surface area contributed by atoms with Gasteiger partial charge in [0.05, 0.1) is 11.1 Å². The summed E-state index contributed by atoms with van der Waals surface area (Å²) in [6, 6.07) is 3.30. The number of nitrogens with one attached hydrogen (secondary N) is 1. The maximum Gasteiger partial charge on any atom is 0.269 e. The quantitative estimate of drug-likeness (QED) is 0.816. The normalized spacial score (nSPS) is 18.5. The zero-order valence-corrected chi connectivity index (χ0v) is 11.7. The lowest BCUT2D eigenvalue weighted by Gasteiger charge is -2.09. The van der Waals surface area contributed by atoms with E-state index in [2.05, 4.69) is 10.3 Å². The van der Waals surface area contributed by atoms with Gasteiger partial charge < -0.3 is 10.1 Å². The Labute approximate surface area is 118 Å². The van der Waals surface area contributed by atoms with E-state index in [1.165, 1.54) is 19.0 Å². The van der Waals surface area contributed by atoms with Gasteiger partial charge in [-0.1, -0.05) is 11.6 Å². The largest absolute Gasteiger partial charge is 0.378 e. The van der Waals surface area contributed by atoms with Crippen molar-refractivity contribution in [2.45, 2.75) is 38.2 Å². The third kappa shape index (κ3) is 4.80. The van der Waals surface area contributed by atoms with Crippen LogP contribution >= 0.6 is 11.6 Å². The smallest absolute Gasteiger partial charge is 0.269 e. The van der Waals surface area contributed by atoms with Gasteiger partial charge in [-0.05, 0) is 44.2 Å². The fourth-order valence-electron chi connectivity index (χ4n) is 2.17. The van der Waals surface area contributed by atoms with Crippen molar-refractivity contribution in [1.29, 1.82) is 0 Å². The molecule has 1 amide bonds. The first-order valence-electron chi connectivity index (χ1n) is 6.77. The van der Waals surface area contributed by atoms with Crippen molar-refractivity contribution in [3.05, 3.63) is 29.0 Å². The van der Waals surface area contributed by atoms with Gasteiger partial charge in [-0.15, -0.1) is 0 Å². The first kappa shape index (κ1) is 14.3. The first-order valence-corrected chi connectivity index (χ1v) is 7.15. The van der Waals surface area contributed by atoms with Crippen LogP contribution in [-0.4, -0.2) is 30.1 Å². The van der Waals surface area contributed by atoms with Gasteiger partial charge in [0.2, 0.25) is 0 Å². The van der Waals surface area contributed by atoms with E-state index in [1.807, 2.05) is 0 Å². The zero-order valence-electron chi connectivity index (χ0n) is 10.9. The Morgan fingerprint density at radius 3 is 3.05 bits per heavy atom. The highest BCUT2D eigenvalue weighted by Gasteiger charge is 2.14. The van der Waals surface area contributed by atoms with Crippen molar-refractivity contribution in [2.75, 3.05) is 13.2 Å². The minimum atomic E-state index is -0.145. The van der Waals surface area contributed by atoms with Crippen LogP contribution < -0.4 is 5.32 Å². The molecule has 0 aromatic carbocycles. The number of nitrogens with zero attached hydrogens (tertiary/aromatic N) is 1. The molecule has 1 fully saturated rings. The summed E-state index contributed by atoms with van der Waals surface area (Å²) in [5, 5.41) is 3.39. The van der Waals surface area contributed by atoms with Crippen molar-refractivity contribution in [1.82, 2.24) is 10.3 Å². The van der Waals surface area contributed by atoms with Gasteiger partial charge in [0, 0.05) is 19.3 Å². The van der Waals surface area contributed by atoms with Gasteiger partial charge in [0.1, 0.15) is 5.69 Å². The molecule has 2 heterocycles. The number of amides is 1. The summed E-state index contributed by atoms with van der Waals surface area (Å²) in [6.07, 6.45) is 7.43. The Balaban J connectivity index is 1.59. The van der Waals surface area contributed by atoms with Gasteiger partial charge in [0.15, 0.2) is 0 Å². The summed E-state index contributed by atoms with van der Waals surface area (Å²) >= 11 is 5.72. The Bertz CT molecular complexity index is 402. The van der Waals surface area contributed by atoms with Crippen molar-refractivity contribution in [3.63, 3.8) is 0 Å². The van der Waals surface area contributed by atoms with Crippen molar-refractivity contribution in [2.24, 2.45) is 0 Å². The van der Waals surface area contributed by atoms with Crippen LogP contribution in [0.2, 0.25) is 5.02 Å². The lowest BCUT2D eigenvalue weighted by molar-refractivity contribution is 0.0942. The molecular weight excluding hydrogens is 264 g/mol. The number of aromatic nitrogens is 1. The van der Waals surface area contributed by atoms with E-state index in [0.29, 0.717) is 23.4 Å². The maximum absolute atomic E-state index is 11.7. The van der Waals surface area contributed by atoms with E-state index in [-0.39, 0.29) is 5.91 Å². The molecule has 0 unspecified atom stereocenters. The maximum atomic E-state index is 11.7. The van der Waals surface area contributed by atoms with E-state index in [4.69, 9.17) is 16.3 Å². The second-order valence-electron chi connectivity index (χ2n) is 4.75. The van der Waals surface area contributed by atoms with Crippen molar-refractivity contribution in [3.8, 4) is 0 Å². The molecule has 1 aromatic heterocycles. The van der Waals surface area contributed by atoms with E-state index < -0.39 is 0 Å². The van der Waals surface area contributed by atoms with E-state index in [1.54, 1.807) is 12.1 Å². The molecule has 4 nitrogen and oxygen atoms in total. The molecular formula is C14H19ClN2O2. The third-order valence-electron chi connectivity index (χ3n) is 3.22. The van der Waals surface area contributed by atoms with Crippen LogP contribution in [0.25, 0.3) is 0 Å². The minimum Gasteiger partial charge on any atom is -0.378 e. The van der Waals surface area contributed by atoms with Gasteiger partial charge in [0.25, 0.3) is 5.91 Å². The fourth-order valence-corrected chi connectivity index (χ4v) is 2.28. The topological polar surface area (TPSA) is 51.2 Å². The van der Waals surface area contributed by atoms with Crippen molar-refractivity contribution >= 4 is 17.5 Å². The summed E-state index contributed by atoms with van der Waals surface area (Å²) in [5.74, 6) is -0.145. The van der Waals surface area contributed by atoms with Gasteiger partial charge in [-0.25, -0.2) is 4.98 Å². The molecule has 104 valence electrons. The Morgan fingerprint density at radius 1 is 1.47 bits per heavy atom. The molecule has 0 radical (unpaired) electrons. The SMILES string of the molecule is O=C(NCCCC[C@@H]1CCCO1)c1ccc(Cl)cn1. The number of rotatable bonds is 6. The number of hydrogen-bond acceptors (Lipinski definition) is 3. The predicted octanol–water partition coefficient (Wildman–Crippen LogP) is 2.81. The molecule has 1 aliphatic heterocycles. The Hall–Kier alpha value is -1.13. The molecule has 1 aromatic rings. The van der Waals surface area contributed by atoms with E-state index in [9.17, 15) is 4.79 Å². The van der Waals surface area contributed by atoms with Gasteiger partial charge in [-0.2, -0.15) is 0 Å². The lowest BCUT2D eigenvalue weighted by atomic mass is 10.1. The van der Waals surface area contributed by atoms with Crippen LogP contribution in [0.5, 0.6) is 0 Å². The number of hydrogen-bond donors (Lipinski definition) is 1.